The molecule has 0 aliphatic rings. The zero-order chi connectivity index (χ0) is 23.8. The Morgan fingerprint density at radius 2 is 1.79 bits per heavy atom. The van der Waals surface area contributed by atoms with Crippen molar-refractivity contribution in [3.63, 3.8) is 0 Å². The average Bonchev–Trinajstić information content (AvgIpc) is 3.19. The van der Waals surface area contributed by atoms with Crippen LogP contribution in [0.1, 0.15) is 19.8 Å². The fourth-order valence-electron chi connectivity index (χ4n) is 3.64. The normalized spacial score (nSPS) is 11.6. The Bertz CT molecular complexity index is 1520. The largest absolute Gasteiger partial charge is 0.497 e. The summed E-state index contributed by atoms with van der Waals surface area (Å²) in [5, 5.41) is 0.992. The van der Waals surface area contributed by atoms with Crippen LogP contribution in [0.4, 0.5) is 5.69 Å². The van der Waals surface area contributed by atoms with Crippen molar-refractivity contribution in [3.8, 4) is 11.5 Å². The third kappa shape index (κ3) is 3.96. The minimum atomic E-state index is -4.43. The van der Waals surface area contributed by atoms with Crippen LogP contribution in [0, 0.1) is 0 Å². The van der Waals surface area contributed by atoms with Crippen LogP contribution in [-0.2, 0) is 14.8 Å². The number of anilines is 1. The first kappa shape index (κ1) is 22.8. The lowest BCUT2D eigenvalue weighted by molar-refractivity contribution is -0.117. The summed E-state index contributed by atoms with van der Waals surface area (Å²) in [5.74, 6) is -0.239. The summed E-state index contributed by atoms with van der Waals surface area (Å²) in [5.41, 5.74) is 0.488. The van der Waals surface area contributed by atoms with E-state index in [0.29, 0.717) is 33.2 Å². The molecule has 1 aromatic heterocycles. The van der Waals surface area contributed by atoms with Gasteiger partial charge >= 0.3 is 4.94 Å². The van der Waals surface area contributed by atoms with Crippen LogP contribution < -0.4 is 18.7 Å². The minimum absolute atomic E-state index is 0.000497. The van der Waals surface area contributed by atoms with Gasteiger partial charge in [0, 0.05) is 23.3 Å². The van der Waals surface area contributed by atoms with Crippen molar-refractivity contribution < 1.29 is 27.1 Å². The van der Waals surface area contributed by atoms with E-state index < -0.39 is 20.9 Å². The number of carbonyl (C=O) groups excluding carboxylic acids is 1. The predicted molar refractivity (Wildman–Crippen MR) is 127 cm³/mol. The molecule has 0 radical (unpaired) electrons. The fourth-order valence-corrected chi connectivity index (χ4v) is 6.00. The molecule has 0 atom stereocenters. The molecule has 0 spiro atoms. The molecule has 33 heavy (non-hydrogen) atoms. The van der Waals surface area contributed by atoms with E-state index in [1.54, 1.807) is 37.3 Å². The van der Waals surface area contributed by atoms with Crippen molar-refractivity contribution in [1.82, 2.24) is 0 Å². The molecule has 3 aromatic carbocycles. The number of hydrogen-bond donors (Lipinski definition) is 0. The van der Waals surface area contributed by atoms with Gasteiger partial charge in [-0.2, -0.15) is 0 Å². The van der Waals surface area contributed by atoms with Gasteiger partial charge in [0.15, 0.2) is 5.58 Å². The summed E-state index contributed by atoms with van der Waals surface area (Å²) in [6.45, 7) is 1.79. The van der Waals surface area contributed by atoms with Crippen LogP contribution in [0.2, 0.25) is 0 Å². The zero-order valence-corrected chi connectivity index (χ0v) is 19.8. The van der Waals surface area contributed by atoms with Crippen LogP contribution in [0.5, 0.6) is 11.5 Å². The Morgan fingerprint density at radius 1 is 1.06 bits per heavy atom. The average molecular weight is 488 g/mol. The van der Waals surface area contributed by atoms with Crippen molar-refractivity contribution in [2.75, 3.05) is 18.5 Å². The van der Waals surface area contributed by atoms with Gasteiger partial charge in [0.1, 0.15) is 16.4 Å². The Morgan fingerprint density at radius 3 is 2.45 bits per heavy atom. The first-order valence-electron chi connectivity index (χ1n) is 10.1. The van der Waals surface area contributed by atoms with Crippen LogP contribution in [0.15, 0.2) is 62.6 Å². The van der Waals surface area contributed by atoms with Gasteiger partial charge in [0.05, 0.1) is 24.6 Å². The van der Waals surface area contributed by atoms with Crippen LogP contribution in [-0.4, -0.2) is 28.5 Å². The number of nitrogens with zero attached hydrogens (tertiary/aromatic N) is 1. The maximum absolute atomic E-state index is 14.0. The first-order chi connectivity index (χ1) is 15.8. The lowest BCUT2D eigenvalue weighted by atomic mass is 10.1. The van der Waals surface area contributed by atoms with Crippen LogP contribution in [0.3, 0.4) is 0 Å². The minimum Gasteiger partial charge on any atom is -0.497 e. The maximum atomic E-state index is 14.0. The number of rotatable bonds is 7. The second-order valence-electron chi connectivity index (χ2n) is 7.15. The highest BCUT2D eigenvalue weighted by Gasteiger charge is 2.35. The Labute approximate surface area is 194 Å². The second-order valence-corrected chi connectivity index (χ2v) is 9.89. The monoisotopic (exact) mass is 487 g/mol. The topological polar surface area (TPSA) is 103 Å². The molecule has 0 saturated carbocycles. The molecule has 4 rings (SSSR count). The summed E-state index contributed by atoms with van der Waals surface area (Å²) in [7, 11) is -1.66. The molecule has 172 valence electrons. The zero-order valence-electron chi connectivity index (χ0n) is 18.2. The van der Waals surface area contributed by atoms with Crippen molar-refractivity contribution in [3.05, 3.63) is 58.3 Å². The van der Waals surface area contributed by atoms with Crippen molar-refractivity contribution >= 4 is 54.0 Å². The second kappa shape index (κ2) is 8.87. The van der Waals surface area contributed by atoms with Crippen LogP contribution in [0.25, 0.3) is 21.1 Å². The highest BCUT2D eigenvalue weighted by molar-refractivity contribution is 7.93. The fraction of sp³-hybridized carbons (Fsp3) is 0.217. The number of benzene rings is 3. The summed E-state index contributed by atoms with van der Waals surface area (Å²) in [6, 6.07) is 12.7. The van der Waals surface area contributed by atoms with E-state index in [-0.39, 0.29) is 22.8 Å². The molecular weight excluding hydrogens is 466 g/mol. The number of hydrogen-bond acceptors (Lipinski definition) is 8. The quantitative estimate of drug-likeness (QED) is 0.377. The van der Waals surface area contributed by atoms with Crippen molar-refractivity contribution in [2.24, 2.45) is 0 Å². The van der Waals surface area contributed by atoms with E-state index in [2.05, 4.69) is 0 Å². The van der Waals surface area contributed by atoms with Crippen LogP contribution >= 0.6 is 11.3 Å². The number of carbonyl (C=O) groups is 1. The molecule has 0 aliphatic heterocycles. The lowest BCUT2D eigenvalue weighted by Crippen LogP contribution is -2.37. The number of methoxy groups -OCH3 is 2. The SMILES string of the molecule is CCCC(=O)N(c1cc2sc(=O)oc2c2ccccc12)S(=O)(=O)c1cc(OC)ccc1OC. The number of amides is 1. The molecule has 0 N–H and O–H groups in total. The highest BCUT2D eigenvalue weighted by atomic mass is 32.2. The molecule has 0 unspecified atom stereocenters. The van der Waals surface area contributed by atoms with E-state index >= 15 is 0 Å². The Hall–Kier alpha value is -3.37. The third-order valence-electron chi connectivity index (χ3n) is 5.12. The maximum Gasteiger partial charge on any atom is 0.396 e. The summed E-state index contributed by atoms with van der Waals surface area (Å²) >= 11 is 0.844. The van der Waals surface area contributed by atoms with E-state index in [9.17, 15) is 18.0 Å². The molecule has 0 bridgehead atoms. The van der Waals surface area contributed by atoms with E-state index in [0.717, 1.165) is 15.6 Å². The van der Waals surface area contributed by atoms with Gasteiger partial charge in [-0.1, -0.05) is 42.5 Å². The number of fused-ring (bicyclic) bond motifs is 3. The number of ether oxygens (including phenoxy) is 2. The Balaban J connectivity index is 2.07. The molecule has 10 heteroatoms. The molecule has 8 nitrogen and oxygen atoms in total. The summed E-state index contributed by atoms with van der Waals surface area (Å²) < 4.78 is 45.0. The third-order valence-corrected chi connectivity index (χ3v) is 7.65. The standard InChI is InChI=1S/C23H21NO7S2/c1-4-7-21(25)24(33(27,28)20-12-14(29-2)10-11-18(20)30-3)17-13-19-22(31-23(26)32-19)16-9-6-5-8-15(16)17/h5-6,8-13H,4,7H2,1-3H3. The van der Waals surface area contributed by atoms with Gasteiger partial charge in [-0.3, -0.25) is 4.79 Å². The Kier molecular flexibility index (Phi) is 6.13. The summed E-state index contributed by atoms with van der Waals surface area (Å²) in [6.07, 6.45) is 0.443. The molecule has 0 saturated heterocycles. The van der Waals surface area contributed by atoms with Crippen molar-refractivity contribution in [2.45, 2.75) is 24.7 Å². The first-order valence-corrected chi connectivity index (χ1v) is 12.3. The highest BCUT2D eigenvalue weighted by Crippen LogP contribution is 2.40. The van der Waals surface area contributed by atoms with Crippen molar-refractivity contribution in [1.29, 1.82) is 0 Å². The number of sulfonamides is 1. The lowest BCUT2D eigenvalue weighted by Gasteiger charge is -2.25. The van der Waals surface area contributed by atoms with Gasteiger partial charge < -0.3 is 13.9 Å². The molecule has 1 heterocycles. The predicted octanol–water partition coefficient (Wildman–Crippen LogP) is 4.55. The van der Waals surface area contributed by atoms with Gasteiger partial charge in [-0.05, 0) is 24.6 Å². The molecule has 4 aromatic rings. The molecule has 1 amide bonds. The molecular formula is C23H21NO7S2. The summed E-state index contributed by atoms with van der Waals surface area (Å²) in [4.78, 5) is 24.5. The van der Waals surface area contributed by atoms with Gasteiger partial charge in [-0.25, -0.2) is 17.5 Å². The van der Waals surface area contributed by atoms with Gasteiger partial charge in [-0.15, -0.1) is 0 Å². The molecule has 0 aliphatic carbocycles. The van der Waals surface area contributed by atoms with E-state index in [4.69, 9.17) is 13.9 Å². The smallest absolute Gasteiger partial charge is 0.396 e. The molecule has 0 fully saturated rings. The van der Waals surface area contributed by atoms with E-state index in [1.165, 1.54) is 32.4 Å². The van der Waals surface area contributed by atoms with Gasteiger partial charge in [0.2, 0.25) is 5.91 Å². The van der Waals surface area contributed by atoms with Gasteiger partial charge in [0.25, 0.3) is 10.0 Å². The van der Waals surface area contributed by atoms with E-state index in [1.807, 2.05) is 0 Å².